The standard InChI is InChI=1S/C23H23N3O4/c1-15-13-21(16(2)26(15)19-7-5-4-6-8-19)23(29)25-24-22(28)14-30-20-11-9-18(10-12-20)17(3)27/h4-13H,14H2,1-3H3,(H,24,28)(H,25,29). The van der Waals surface area contributed by atoms with Crippen molar-refractivity contribution in [2.45, 2.75) is 20.8 Å². The molecule has 0 unspecified atom stereocenters. The van der Waals surface area contributed by atoms with Gasteiger partial charge >= 0.3 is 0 Å². The van der Waals surface area contributed by atoms with Crippen molar-refractivity contribution in [3.05, 3.63) is 83.2 Å². The number of nitrogens with zero attached hydrogens (tertiary/aromatic N) is 1. The summed E-state index contributed by atoms with van der Waals surface area (Å²) in [5, 5.41) is 0. The van der Waals surface area contributed by atoms with Crippen molar-refractivity contribution in [1.82, 2.24) is 15.4 Å². The highest BCUT2D eigenvalue weighted by Crippen LogP contribution is 2.20. The smallest absolute Gasteiger partial charge is 0.276 e. The summed E-state index contributed by atoms with van der Waals surface area (Å²) in [4.78, 5) is 35.8. The molecule has 3 aromatic rings. The van der Waals surface area contributed by atoms with Crippen LogP contribution in [0, 0.1) is 13.8 Å². The molecule has 30 heavy (non-hydrogen) atoms. The summed E-state index contributed by atoms with van der Waals surface area (Å²) >= 11 is 0. The molecular weight excluding hydrogens is 382 g/mol. The molecule has 0 spiro atoms. The van der Waals surface area contributed by atoms with E-state index in [9.17, 15) is 14.4 Å². The van der Waals surface area contributed by atoms with Gasteiger partial charge in [-0.25, -0.2) is 0 Å². The summed E-state index contributed by atoms with van der Waals surface area (Å²) in [6.07, 6.45) is 0. The van der Waals surface area contributed by atoms with Crippen LogP contribution in [0.2, 0.25) is 0 Å². The zero-order chi connectivity index (χ0) is 21.7. The van der Waals surface area contributed by atoms with Crippen molar-refractivity contribution in [3.8, 4) is 11.4 Å². The summed E-state index contributed by atoms with van der Waals surface area (Å²) < 4.78 is 7.34. The highest BCUT2D eigenvalue weighted by molar-refractivity contribution is 5.97. The number of aryl methyl sites for hydroxylation is 1. The Morgan fingerprint density at radius 2 is 1.60 bits per heavy atom. The number of rotatable bonds is 6. The van der Waals surface area contributed by atoms with Crippen LogP contribution in [-0.4, -0.2) is 28.8 Å². The Morgan fingerprint density at radius 3 is 2.23 bits per heavy atom. The molecule has 0 fully saturated rings. The van der Waals surface area contributed by atoms with E-state index < -0.39 is 11.8 Å². The number of ether oxygens (including phenoxy) is 1. The van der Waals surface area contributed by atoms with Gasteiger partial charge in [0, 0.05) is 22.6 Å². The van der Waals surface area contributed by atoms with Crippen LogP contribution in [0.25, 0.3) is 5.69 Å². The molecule has 0 aliphatic heterocycles. The van der Waals surface area contributed by atoms with Gasteiger partial charge in [-0.15, -0.1) is 0 Å². The van der Waals surface area contributed by atoms with Gasteiger partial charge in [0.1, 0.15) is 5.75 Å². The lowest BCUT2D eigenvalue weighted by molar-refractivity contribution is -0.123. The van der Waals surface area contributed by atoms with Gasteiger partial charge in [-0.3, -0.25) is 25.2 Å². The van der Waals surface area contributed by atoms with Crippen molar-refractivity contribution < 1.29 is 19.1 Å². The van der Waals surface area contributed by atoms with Crippen LogP contribution in [0.3, 0.4) is 0 Å². The fourth-order valence-corrected chi connectivity index (χ4v) is 3.13. The van der Waals surface area contributed by atoms with Crippen LogP contribution in [-0.2, 0) is 4.79 Å². The summed E-state index contributed by atoms with van der Waals surface area (Å²) in [5.41, 5.74) is 8.44. The highest BCUT2D eigenvalue weighted by atomic mass is 16.5. The SMILES string of the molecule is CC(=O)c1ccc(OCC(=O)NNC(=O)c2cc(C)n(-c3ccccc3)c2C)cc1. The van der Waals surface area contributed by atoms with Gasteiger partial charge in [0.05, 0.1) is 5.56 Å². The number of carbonyl (C=O) groups excluding carboxylic acids is 3. The number of hydrogen-bond acceptors (Lipinski definition) is 4. The molecule has 0 aliphatic rings. The van der Waals surface area contributed by atoms with Crippen LogP contribution < -0.4 is 15.6 Å². The van der Waals surface area contributed by atoms with Crippen LogP contribution in [0.4, 0.5) is 0 Å². The summed E-state index contributed by atoms with van der Waals surface area (Å²) in [6.45, 7) is 4.97. The molecule has 0 atom stereocenters. The second-order valence-electron chi connectivity index (χ2n) is 6.83. The van der Waals surface area contributed by atoms with Crippen molar-refractivity contribution in [3.63, 3.8) is 0 Å². The molecule has 7 heteroatoms. The van der Waals surface area contributed by atoms with Crippen molar-refractivity contribution in [2.75, 3.05) is 6.61 Å². The van der Waals surface area contributed by atoms with Crippen molar-refractivity contribution in [2.24, 2.45) is 0 Å². The fraction of sp³-hybridized carbons (Fsp3) is 0.174. The number of amides is 2. The first kappa shape index (κ1) is 20.9. The summed E-state index contributed by atoms with van der Waals surface area (Å²) in [6, 6.07) is 18.0. The maximum Gasteiger partial charge on any atom is 0.276 e. The zero-order valence-corrected chi connectivity index (χ0v) is 17.1. The predicted octanol–water partition coefficient (Wildman–Crippen LogP) is 3.14. The van der Waals surface area contributed by atoms with Crippen molar-refractivity contribution >= 4 is 17.6 Å². The molecule has 0 saturated heterocycles. The van der Waals surface area contributed by atoms with Crippen molar-refractivity contribution in [1.29, 1.82) is 0 Å². The van der Waals surface area contributed by atoms with Crippen LogP contribution >= 0.6 is 0 Å². The first-order valence-corrected chi connectivity index (χ1v) is 9.44. The minimum atomic E-state index is -0.504. The summed E-state index contributed by atoms with van der Waals surface area (Å²) in [7, 11) is 0. The third kappa shape index (κ3) is 4.75. The normalized spacial score (nSPS) is 10.4. The van der Waals surface area contributed by atoms with E-state index in [1.54, 1.807) is 30.3 Å². The molecule has 3 rings (SSSR count). The molecule has 1 heterocycles. The molecule has 0 saturated carbocycles. The number of para-hydroxylation sites is 1. The van der Waals surface area contributed by atoms with Gasteiger partial charge in [0.25, 0.3) is 11.8 Å². The quantitative estimate of drug-likeness (QED) is 0.487. The lowest BCUT2D eigenvalue weighted by atomic mass is 10.1. The molecular formula is C23H23N3O4. The van der Waals surface area contributed by atoms with Gasteiger partial charge in [0.15, 0.2) is 12.4 Å². The molecule has 2 aromatic carbocycles. The Hall–Kier alpha value is -3.87. The molecule has 0 radical (unpaired) electrons. The Bertz CT molecular complexity index is 1070. The van der Waals surface area contributed by atoms with Crippen LogP contribution in [0.15, 0.2) is 60.7 Å². The second kappa shape index (κ2) is 9.09. The number of hydrogen-bond donors (Lipinski definition) is 2. The van der Waals surface area contributed by atoms with Crippen LogP contribution in [0.5, 0.6) is 5.75 Å². The van der Waals surface area contributed by atoms with E-state index in [2.05, 4.69) is 10.9 Å². The van der Waals surface area contributed by atoms with E-state index in [4.69, 9.17) is 4.74 Å². The maximum absolute atomic E-state index is 12.5. The van der Waals surface area contributed by atoms with E-state index in [1.807, 2.05) is 48.7 Å². The van der Waals surface area contributed by atoms with Gasteiger partial charge in [-0.05, 0) is 63.2 Å². The monoisotopic (exact) mass is 405 g/mol. The minimum Gasteiger partial charge on any atom is -0.484 e. The third-order valence-corrected chi connectivity index (χ3v) is 4.64. The molecule has 0 bridgehead atoms. The second-order valence-corrected chi connectivity index (χ2v) is 6.83. The van der Waals surface area contributed by atoms with Crippen LogP contribution in [0.1, 0.15) is 39.0 Å². The number of carbonyl (C=O) groups is 3. The predicted molar refractivity (Wildman–Crippen MR) is 113 cm³/mol. The van der Waals surface area contributed by atoms with Gasteiger partial charge in [-0.1, -0.05) is 18.2 Å². The first-order valence-electron chi connectivity index (χ1n) is 9.44. The number of aromatic nitrogens is 1. The number of ketones is 1. The lowest BCUT2D eigenvalue weighted by Gasteiger charge is -2.11. The molecule has 2 amide bonds. The third-order valence-electron chi connectivity index (χ3n) is 4.64. The van der Waals surface area contributed by atoms with E-state index in [0.29, 0.717) is 16.9 Å². The fourth-order valence-electron chi connectivity index (χ4n) is 3.13. The Kier molecular flexibility index (Phi) is 6.32. The molecule has 154 valence electrons. The van der Waals surface area contributed by atoms with E-state index in [-0.39, 0.29) is 12.4 Å². The highest BCUT2D eigenvalue weighted by Gasteiger charge is 2.17. The summed E-state index contributed by atoms with van der Waals surface area (Å²) in [5.74, 6) is -0.512. The largest absolute Gasteiger partial charge is 0.484 e. The Balaban J connectivity index is 1.56. The number of benzene rings is 2. The Morgan fingerprint density at radius 1 is 0.933 bits per heavy atom. The number of Topliss-reactive ketones (excluding diaryl/α,β-unsaturated/α-hetero) is 1. The average molecular weight is 405 g/mol. The van der Waals surface area contributed by atoms with E-state index >= 15 is 0 Å². The minimum absolute atomic E-state index is 0.0476. The lowest BCUT2D eigenvalue weighted by Crippen LogP contribution is -2.44. The maximum atomic E-state index is 12.5. The number of hydrazine groups is 1. The van der Waals surface area contributed by atoms with E-state index in [0.717, 1.165) is 17.1 Å². The zero-order valence-electron chi connectivity index (χ0n) is 17.1. The molecule has 7 nitrogen and oxygen atoms in total. The van der Waals surface area contributed by atoms with Gasteiger partial charge in [0.2, 0.25) is 0 Å². The topological polar surface area (TPSA) is 89.4 Å². The number of nitrogens with one attached hydrogen (secondary N) is 2. The Labute approximate surface area is 174 Å². The van der Waals surface area contributed by atoms with Gasteiger partial charge in [-0.2, -0.15) is 0 Å². The first-order chi connectivity index (χ1) is 14.4. The average Bonchev–Trinajstić information content (AvgIpc) is 3.05. The molecule has 0 aliphatic carbocycles. The van der Waals surface area contributed by atoms with E-state index in [1.165, 1.54) is 6.92 Å². The molecule has 2 N–H and O–H groups in total. The van der Waals surface area contributed by atoms with Gasteiger partial charge < -0.3 is 9.30 Å². The molecule has 1 aromatic heterocycles.